The highest BCUT2D eigenvalue weighted by Crippen LogP contribution is 2.20. The predicted molar refractivity (Wildman–Crippen MR) is 79.5 cm³/mol. The van der Waals surface area contributed by atoms with Crippen LogP contribution in [-0.4, -0.2) is 35.0 Å². The van der Waals surface area contributed by atoms with Gasteiger partial charge < -0.3 is 10.0 Å². The van der Waals surface area contributed by atoms with E-state index in [2.05, 4.69) is 6.92 Å². The largest absolute Gasteiger partial charge is 0.481 e. The van der Waals surface area contributed by atoms with E-state index in [9.17, 15) is 9.59 Å². The molecule has 4 heteroatoms. The van der Waals surface area contributed by atoms with Crippen LogP contribution in [0.1, 0.15) is 71.1 Å². The van der Waals surface area contributed by atoms with E-state index in [1.165, 1.54) is 25.7 Å². The van der Waals surface area contributed by atoms with Crippen molar-refractivity contribution < 1.29 is 14.7 Å². The third kappa shape index (κ3) is 6.92. The Morgan fingerprint density at radius 2 is 1.85 bits per heavy atom. The minimum Gasteiger partial charge on any atom is -0.481 e. The number of carbonyl (C=O) groups excluding carboxylic acids is 1. The van der Waals surface area contributed by atoms with Gasteiger partial charge in [0.2, 0.25) is 5.91 Å². The lowest BCUT2D eigenvalue weighted by molar-refractivity contribution is -0.140. The topological polar surface area (TPSA) is 57.6 Å². The van der Waals surface area contributed by atoms with Crippen molar-refractivity contribution in [3.8, 4) is 0 Å². The van der Waals surface area contributed by atoms with Crippen LogP contribution in [0.4, 0.5) is 0 Å². The number of hydrogen-bond donors (Lipinski definition) is 1. The Morgan fingerprint density at radius 1 is 1.15 bits per heavy atom. The molecule has 4 nitrogen and oxygen atoms in total. The van der Waals surface area contributed by atoms with Gasteiger partial charge >= 0.3 is 5.97 Å². The van der Waals surface area contributed by atoms with Crippen molar-refractivity contribution in [2.45, 2.75) is 71.1 Å². The molecule has 0 saturated carbocycles. The van der Waals surface area contributed by atoms with E-state index in [0.29, 0.717) is 13.0 Å². The Kier molecular flexibility index (Phi) is 8.31. The third-order valence-corrected chi connectivity index (χ3v) is 4.08. The number of rotatable bonds is 9. The van der Waals surface area contributed by atoms with Crippen LogP contribution >= 0.6 is 0 Å². The normalized spacial score (nSPS) is 19.1. The Bertz CT molecular complexity index is 304. The maximum atomic E-state index is 12.1. The molecule has 1 rings (SSSR count). The van der Waals surface area contributed by atoms with Crippen LogP contribution in [0.3, 0.4) is 0 Å². The molecule has 0 aromatic heterocycles. The van der Waals surface area contributed by atoms with Crippen LogP contribution in [-0.2, 0) is 9.59 Å². The lowest BCUT2D eigenvalue weighted by atomic mass is 9.94. The highest BCUT2D eigenvalue weighted by Gasteiger charge is 2.24. The highest BCUT2D eigenvalue weighted by atomic mass is 16.4. The van der Waals surface area contributed by atoms with Crippen molar-refractivity contribution in [2.24, 2.45) is 5.92 Å². The third-order valence-electron chi connectivity index (χ3n) is 4.08. The van der Waals surface area contributed by atoms with E-state index < -0.39 is 5.97 Å². The van der Waals surface area contributed by atoms with Gasteiger partial charge in [-0.1, -0.05) is 39.0 Å². The molecular formula is C16H29NO3. The first-order chi connectivity index (χ1) is 9.63. The molecule has 0 aromatic carbocycles. The number of carboxylic acids is 1. The minimum absolute atomic E-state index is 0.148. The quantitative estimate of drug-likeness (QED) is 0.659. The van der Waals surface area contributed by atoms with Crippen LogP contribution in [0, 0.1) is 5.92 Å². The molecule has 0 bridgehead atoms. The SMILES string of the molecule is CCCCCCCCC(=O)N1CCCC(CC(=O)O)C1. The molecule has 1 amide bonds. The molecule has 1 atom stereocenters. The summed E-state index contributed by atoms with van der Waals surface area (Å²) in [5, 5.41) is 8.83. The molecule has 20 heavy (non-hydrogen) atoms. The zero-order valence-electron chi connectivity index (χ0n) is 12.8. The van der Waals surface area contributed by atoms with E-state index >= 15 is 0 Å². The number of nitrogens with zero attached hydrogens (tertiary/aromatic N) is 1. The van der Waals surface area contributed by atoms with Gasteiger partial charge in [0.25, 0.3) is 0 Å². The average Bonchev–Trinajstić information content (AvgIpc) is 2.42. The molecule has 1 aliphatic rings. The number of likely N-dealkylation sites (tertiary alicyclic amines) is 1. The zero-order valence-corrected chi connectivity index (χ0v) is 12.8. The van der Waals surface area contributed by atoms with Crippen molar-refractivity contribution in [1.29, 1.82) is 0 Å². The van der Waals surface area contributed by atoms with E-state index in [1.807, 2.05) is 4.90 Å². The van der Waals surface area contributed by atoms with Crippen LogP contribution in [0.15, 0.2) is 0 Å². The molecule has 1 fully saturated rings. The Labute approximate surface area is 122 Å². The summed E-state index contributed by atoms with van der Waals surface area (Å²) in [5.41, 5.74) is 0. The number of piperidine rings is 1. The van der Waals surface area contributed by atoms with Crippen molar-refractivity contribution in [3.05, 3.63) is 0 Å². The number of amides is 1. The van der Waals surface area contributed by atoms with E-state index in [-0.39, 0.29) is 18.2 Å². The summed E-state index contributed by atoms with van der Waals surface area (Å²) < 4.78 is 0. The first-order valence-electron chi connectivity index (χ1n) is 8.13. The van der Waals surface area contributed by atoms with Gasteiger partial charge in [-0.2, -0.15) is 0 Å². The van der Waals surface area contributed by atoms with Crippen LogP contribution in [0.25, 0.3) is 0 Å². The average molecular weight is 283 g/mol. The van der Waals surface area contributed by atoms with Gasteiger partial charge in [-0.15, -0.1) is 0 Å². The lowest BCUT2D eigenvalue weighted by Gasteiger charge is -2.32. The van der Waals surface area contributed by atoms with E-state index in [0.717, 1.165) is 32.2 Å². The second kappa shape index (κ2) is 9.78. The summed E-state index contributed by atoms with van der Waals surface area (Å²) >= 11 is 0. The molecule has 0 spiro atoms. The highest BCUT2D eigenvalue weighted by molar-refractivity contribution is 5.76. The summed E-state index contributed by atoms with van der Waals surface area (Å²) in [6, 6.07) is 0. The summed E-state index contributed by atoms with van der Waals surface area (Å²) in [6.07, 6.45) is 9.85. The van der Waals surface area contributed by atoms with Gasteiger partial charge in [-0.05, 0) is 25.2 Å². The molecule has 1 saturated heterocycles. The van der Waals surface area contributed by atoms with E-state index in [1.54, 1.807) is 0 Å². The van der Waals surface area contributed by atoms with Gasteiger partial charge in [-0.25, -0.2) is 0 Å². The summed E-state index contributed by atoms with van der Waals surface area (Å²) in [4.78, 5) is 24.7. The predicted octanol–water partition coefficient (Wildman–Crippen LogP) is 3.45. The molecule has 1 N–H and O–H groups in total. The minimum atomic E-state index is -0.750. The zero-order chi connectivity index (χ0) is 14.8. The number of hydrogen-bond acceptors (Lipinski definition) is 2. The monoisotopic (exact) mass is 283 g/mol. The van der Waals surface area contributed by atoms with Crippen molar-refractivity contribution >= 4 is 11.9 Å². The molecule has 0 aromatic rings. The van der Waals surface area contributed by atoms with Crippen molar-refractivity contribution in [2.75, 3.05) is 13.1 Å². The smallest absolute Gasteiger partial charge is 0.303 e. The fourth-order valence-electron chi connectivity index (χ4n) is 2.92. The molecule has 0 aliphatic carbocycles. The summed E-state index contributed by atoms with van der Waals surface area (Å²) in [7, 11) is 0. The molecule has 1 aliphatic heterocycles. The second-order valence-electron chi connectivity index (χ2n) is 5.96. The van der Waals surface area contributed by atoms with Crippen LogP contribution in [0.2, 0.25) is 0 Å². The Morgan fingerprint density at radius 3 is 2.55 bits per heavy atom. The van der Waals surface area contributed by atoms with Crippen LogP contribution in [0.5, 0.6) is 0 Å². The second-order valence-corrected chi connectivity index (χ2v) is 5.96. The summed E-state index contributed by atoms with van der Waals surface area (Å²) in [6.45, 7) is 3.65. The van der Waals surface area contributed by atoms with Crippen molar-refractivity contribution in [1.82, 2.24) is 4.90 Å². The van der Waals surface area contributed by atoms with Crippen molar-refractivity contribution in [3.63, 3.8) is 0 Å². The molecule has 0 radical (unpaired) electrons. The molecule has 1 heterocycles. The number of aliphatic carboxylic acids is 1. The lowest BCUT2D eigenvalue weighted by Crippen LogP contribution is -2.40. The fourth-order valence-corrected chi connectivity index (χ4v) is 2.92. The molecule has 1 unspecified atom stereocenters. The van der Waals surface area contributed by atoms with E-state index in [4.69, 9.17) is 5.11 Å². The van der Waals surface area contributed by atoms with Gasteiger partial charge in [0, 0.05) is 25.9 Å². The van der Waals surface area contributed by atoms with Gasteiger partial charge in [0.15, 0.2) is 0 Å². The number of unbranched alkanes of at least 4 members (excludes halogenated alkanes) is 5. The van der Waals surface area contributed by atoms with Crippen LogP contribution < -0.4 is 0 Å². The maximum absolute atomic E-state index is 12.1. The summed E-state index contributed by atoms with van der Waals surface area (Å²) in [5.74, 6) is -0.384. The van der Waals surface area contributed by atoms with Gasteiger partial charge in [0.1, 0.15) is 0 Å². The standard InChI is InChI=1S/C16H29NO3/c1-2-3-4-5-6-7-10-15(18)17-11-8-9-14(13-17)12-16(19)20/h14H,2-13H2,1H3,(H,19,20). The number of carboxylic acid groups (broad SMARTS) is 1. The molecule has 116 valence electrons. The maximum Gasteiger partial charge on any atom is 0.303 e. The van der Waals surface area contributed by atoms with Gasteiger partial charge in [0.05, 0.1) is 0 Å². The Hall–Kier alpha value is -1.06. The van der Waals surface area contributed by atoms with Gasteiger partial charge in [-0.3, -0.25) is 9.59 Å². The number of carbonyl (C=O) groups is 2. The first kappa shape index (κ1) is 17.0. The fraction of sp³-hybridized carbons (Fsp3) is 0.875. The first-order valence-corrected chi connectivity index (χ1v) is 8.13. The molecular weight excluding hydrogens is 254 g/mol. The Balaban J connectivity index is 2.17.